The van der Waals surface area contributed by atoms with Crippen molar-refractivity contribution in [1.82, 2.24) is 20.0 Å². The van der Waals surface area contributed by atoms with E-state index in [0.717, 1.165) is 18.8 Å². The molecule has 2 aromatic heterocycles. The van der Waals surface area contributed by atoms with Crippen molar-refractivity contribution < 1.29 is 9.53 Å². The topological polar surface area (TPSA) is 59.4 Å². The van der Waals surface area contributed by atoms with Crippen LogP contribution in [0.15, 0.2) is 23.7 Å². The third-order valence-corrected chi connectivity index (χ3v) is 6.48. The average Bonchev–Trinajstić information content (AvgIpc) is 3.31. The molecule has 0 bridgehead atoms. The Bertz CT molecular complexity index is 799. The zero-order valence-electron chi connectivity index (χ0n) is 15.6. The molecular formula is C19H26N4O2S. The van der Waals surface area contributed by atoms with E-state index < -0.39 is 5.60 Å². The van der Waals surface area contributed by atoms with Gasteiger partial charge in [0, 0.05) is 49.0 Å². The minimum absolute atomic E-state index is 0.00987. The zero-order chi connectivity index (χ0) is 18.3. The summed E-state index contributed by atoms with van der Waals surface area (Å²) >= 11 is 1.78. The molecule has 1 N–H and O–H groups in total. The molecule has 2 aliphatic rings. The lowest BCUT2D eigenvalue weighted by Crippen LogP contribution is -2.59. The van der Waals surface area contributed by atoms with Crippen LogP contribution in [0.2, 0.25) is 0 Å². The van der Waals surface area contributed by atoms with Crippen LogP contribution >= 0.6 is 11.3 Å². The van der Waals surface area contributed by atoms with Gasteiger partial charge in [0.1, 0.15) is 0 Å². The van der Waals surface area contributed by atoms with Crippen LogP contribution in [-0.4, -0.2) is 52.4 Å². The van der Waals surface area contributed by atoms with Crippen LogP contribution in [0.1, 0.15) is 41.9 Å². The molecule has 1 amide bonds. The third kappa shape index (κ3) is 2.88. The maximum atomic E-state index is 12.9. The van der Waals surface area contributed by atoms with Crippen LogP contribution in [0.25, 0.3) is 0 Å². The van der Waals surface area contributed by atoms with E-state index in [1.165, 1.54) is 10.4 Å². The van der Waals surface area contributed by atoms with E-state index in [0.29, 0.717) is 19.7 Å². The summed E-state index contributed by atoms with van der Waals surface area (Å²) < 4.78 is 8.22. The van der Waals surface area contributed by atoms with E-state index in [9.17, 15) is 4.79 Å². The van der Waals surface area contributed by atoms with Gasteiger partial charge in [-0.05, 0) is 43.8 Å². The first-order chi connectivity index (χ1) is 12.5. The highest BCUT2D eigenvalue weighted by Gasteiger charge is 2.56. The lowest BCUT2D eigenvalue weighted by Gasteiger charge is -2.37. The fourth-order valence-electron chi connectivity index (χ4n) is 4.16. The molecule has 6 nitrogen and oxygen atoms in total. The quantitative estimate of drug-likeness (QED) is 0.892. The Morgan fingerprint density at radius 1 is 1.46 bits per heavy atom. The van der Waals surface area contributed by atoms with Crippen molar-refractivity contribution >= 4 is 17.2 Å². The second-order valence-electron chi connectivity index (χ2n) is 7.54. The summed E-state index contributed by atoms with van der Waals surface area (Å²) in [6.07, 6.45) is 1.83. The zero-order valence-corrected chi connectivity index (χ0v) is 16.4. The van der Waals surface area contributed by atoms with Gasteiger partial charge < -0.3 is 10.1 Å². The van der Waals surface area contributed by atoms with Crippen molar-refractivity contribution in [2.24, 2.45) is 0 Å². The van der Waals surface area contributed by atoms with E-state index in [-0.39, 0.29) is 17.9 Å². The Hall–Kier alpha value is -1.70. The van der Waals surface area contributed by atoms with Gasteiger partial charge >= 0.3 is 0 Å². The first-order valence-corrected chi connectivity index (χ1v) is 10.1. The van der Waals surface area contributed by atoms with E-state index in [1.807, 2.05) is 16.9 Å². The molecule has 7 heteroatoms. The molecule has 4 heterocycles. The first kappa shape index (κ1) is 17.7. The summed E-state index contributed by atoms with van der Waals surface area (Å²) in [5.41, 5.74) is 1.58. The molecule has 2 saturated heterocycles. The number of carbonyl (C=O) groups is 1. The molecule has 2 unspecified atom stereocenters. The molecular weight excluding hydrogens is 348 g/mol. The van der Waals surface area contributed by atoms with E-state index in [4.69, 9.17) is 4.74 Å². The number of ether oxygens (including phenoxy) is 1. The van der Waals surface area contributed by atoms with Gasteiger partial charge in [-0.1, -0.05) is 0 Å². The number of likely N-dealkylation sites (tertiary alicyclic amines) is 1. The van der Waals surface area contributed by atoms with Gasteiger partial charge in [0.05, 0.1) is 12.5 Å². The summed E-state index contributed by atoms with van der Waals surface area (Å²) in [4.78, 5) is 16.6. The number of aromatic nitrogens is 2. The van der Waals surface area contributed by atoms with E-state index in [1.54, 1.807) is 11.3 Å². The molecule has 140 valence electrons. The number of nitrogens with zero attached hydrogens (tertiary/aromatic N) is 3. The van der Waals surface area contributed by atoms with Gasteiger partial charge in [-0.25, -0.2) is 0 Å². The van der Waals surface area contributed by atoms with Crippen molar-refractivity contribution in [3.63, 3.8) is 0 Å². The highest BCUT2D eigenvalue weighted by atomic mass is 32.1. The van der Waals surface area contributed by atoms with Gasteiger partial charge in [0.15, 0.2) is 5.60 Å². The summed E-state index contributed by atoms with van der Waals surface area (Å²) in [6.45, 7) is 9.79. The van der Waals surface area contributed by atoms with E-state index >= 15 is 0 Å². The number of nitrogens with one attached hydrogen (secondary N) is 1. The molecule has 2 atom stereocenters. The Morgan fingerprint density at radius 2 is 2.31 bits per heavy atom. The number of hydrogen-bond acceptors (Lipinski definition) is 5. The molecule has 2 aromatic rings. The maximum Gasteiger partial charge on any atom is 0.254 e. The van der Waals surface area contributed by atoms with Crippen LogP contribution in [0, 0.1) is 6.92 Å². The lowest BCUT2D eigenvalue weighted by molar-refractivity contribution is -0.155. The Kier molecular flexibility index (Phi) is 4.62. The van der Waals surface area contributed by atoms with E-state index in [2.05, 4.69) is 47.5 Å². The summed E-state index contributed by atoms with van der Waals surface area (Å²) in [6, 6.07) is 4.44. The molecule has 2 aliphatic heterocycles. The van der Waals surface area contributed by atoms with Crippen LogP contribution < -0.4 is 5.32 Å². The molecule has 0 saturated carbocycles. The smallest absolute Gasteiger partial charge is 0.254 e. The molecule has 4 rings (SSSR count). The Labute approximate surface area is 158 Å². The monoisotopic (exact) mass is 374 g/mol. The standard InChI is InChI=1S/C19H26N4O2S/c1-13(2)23-16(4-6-21-23)15-10-22(11-17-14(3)5-9-26-17)12-19(15)18(24)20-7-8-25-19/h4-6,9,13,15H,7-8,10-12H2,1-3H3,(H,20,24). The molecule has 26 heavy (non-hydrogen) atoms. The summed E-state index contributed by atoms with van der Waals surface area (Å²) in [7, 11) is 0. The largest absolute Gasteiger partial charge is 0.361 e. The van der Waals surface area contributed by atoms with Crippen molar-refractivity contribution in [1.29, 1.82) is 0 Å². The van der Waals surface area contributed by atoms with Gasteiger partial charge in [0.2, 0.25) is 0 Å². The number of hydrogen-bond donors (Lipinski definition) is 1. The molecule has 0 radical (unpaired) electrons. The van der Waals surface area contributed by atoms with Crippen LogP contribution in [0.4, 0.5) is 0 Å². The maximum absolute atomic E-state index is 12.9. The van der Waals surface area contributed by atoms with Crippen LogP contribution in [0.3, 0.4) is 0 Å². The SMILES string of the molecule is Cc1ccsc1CN1CC(c2ccnn2C(C)C)C2(C1)OCCNC2=O. The Morgan fingerprint density at radius 3 is 3.00 bits per heavy atom. The minimum atomic E-state index is -0.823. The number of carbonyl (C=O) groups excluding carboxylic acids is 1. The highest BCUT2D eigenvalue weighted by molar-refractivity contribution is 7.10. The fourth-order valence-corrected chi connectivity index (χ4v) is 5.10. The molecule has 0 aliphatic carbocycles. The second kappa shape index (κ2) is 6.79. The lowest BCUT2D eigenvalue weighted by atomic mass is 9.86. The first-order valence-electron chi connectivity index (χ1n) is 9.22. The van der Waals surface area contributed by atoms with Crippen molar-refractivity contribution in [3.8, 4) is 0 Å². The van der Waals surface area contributed by atoms with Gasteiger partial charge in [0.25, 0.3) is 5.91 Å². The summed E-state index contributed by atoms with van der Waals surface area (Å²) in [5.74, 6) is -0.0105. The van der Waals surface area contributed by atoms with Gasteiger partial charge in [-0.15, -0.1) is 11.3 Å². The predicted molar refractivity (Wildman–Crippen MR) is 101 cm³/mol. The number of amides is 1. The van der Waals surface area contributed by atoms with Crippen LogP contribution in [-0.2, 0) is 16.1 Å². The normalized spacial score (nSPS) is 26.8. The number of morpholine rings is 1. The van der Waals surface area contributed by atoms with Crippen molar-refractivity contribution in [2.45, 2.75) is 44.9 Å². The van der Waals surface area contributed by atoms with Crippen molar-refractivity contribution in [3.05, 3.63) is 39.8 Å². The van der Waals surface area contributed by atoms with Gasteiger partial charge in [-0.3, -0.25) is 14.4 Å². The number of thiophene rings is 1. The third-order valence-electron chi connectivity index (χ3n) is 5.48. The van der Waals surface area contributed by atoms with Gasteiger partial charge in [-0.2, -0.15) is 5.10 Å². The Balaban J connectivity index is 1.68. The predicted octanol–water partition coefficient (Wildman–Crippen LogP) is 2.32. The molecule has 0 aromatic carbocycles. The second-order valence-corrected chi connectivity index (χ2v) is 8.54. The van der Waals surface area contributed by atoms with Crippen molar-refractivity contribution in [2.75, 3.05) is 26.2 Å². The van der Waals surface area contributed by atoms with Crippen LogP contribution in [0.5, 0.6) is 0 Å². The molecule has 2 fully saturated rings. The number of aryl methyl sites for hydroxylation is 1. The number of rotatable bonds is 4. The molecule has 1 spiro atoms. The average molecular weight is 375 g/mol. The minimum Gasteiger partial charge on any atom is -0.361 e. The summed E-state index contributed by atoms with van der Waals surface area (Å²) in [5, 5.41) is 9.65. The fraction of sp³-hybridized carbons (Fsp3) is 0.579. The highest BCUT2D eigenvalue weighted by Crippen LogP contribution is 2.41.